The number of nitrogens with zero attached hydrogens (tertiary/aromatic N) is 5. The van der Waals surface area contributed by atoms with Crippen molar-refractivity contribution in [3.8, 4) is 22.6 Å². The van der Waals surface area contributed by atoms with Crippen LogP contribution in [-0.2, 0) is 4.74 Å². The summed E-state index contributed by atoms with van der Waals surface area (Å²) < 4.78 is 9.03. The lowest BCUT2D eigenvalue weighted by Gasteiger charge is -2.20. The van der Waals surface area contributed by atoms with E-state index in [0.717, 1.165) is 29.8 Å². The molecule has 32 heavy (non-hydrogen) atoms. The Hall–Kier alpha value is -3.50. The van der Waals surface area contributed by atoms with Gasteiger partial charge in [-0.3, -0.25) is 4.79 Å². The molecule has 5 heterocycles. The second-order valence-corrected chi connectivity index (χ2v) is 8.31. The first-order valence-corrected chi connectivity index (χ1v) is 10.7. The number of hydrogen-bond donors (Lipinski definition) is 3. The number of hydrogen-bond acceptors (Lipinski definition) is 7. The van der Waals surface area contributed by atoms with Crippen molar-refractivity contribution in [1.29, 1.82) is 0 Å². The molecule has 0 radical (unpaired) electrons. The summed E-state index contributed by atoms with van der Waals surface area (Å²) in [6.45, 7) is 0.759. The SMILES string of the molecule is CNc1cc(-c2cnc3n([C@@H]4COC[C@H]4O)cccc2-3)nc2c(C(=O)NC3CC3)cnn12. The molecule has 2 fully saturated rings. The monoisotopic (exact) mass is 433 g/mol. The fraction of sp³-hybridized carbons (Fsp3) is 0.364. The highest BCUT2D eigenvalue weighted by molar-refractivity contribution is 6.00. The number of aliphatic hydroxyl groups is 1. The standard InChI is InChI=1S/C22H23N7O3/c1-23-19-7-16(27-21-15(9-25-29(19)21)22(31)26-12-4-5-12)14-8-24-20-13(14)3-2-6-28(20)17-10-32-11-18(17)30/h2-3,6-9,12,17-18,23,30H,4-5,10-11H2,1H3,(H,26,31)/t17-,18-/m1/s1. The molecule has 1 amide bonds. The number of aliphatic hydroxyl groups excluding tert-OH is 1. The van der Waals surface area contributed by atoms with Gasteiger partial charge >= 0.3 is 0 Å². The van der Waals surface area contributed by atoms with Crippen LogP contribution in [0.1, 0.15) is 29.2 Å². The van der Waals surface area contributed by atoms with Gasteiger partial charge in [0.1, 0.15) is 23.3 Å². The smallest absolute Gasteiger partial charge is 0.256 e. The molecule has 2 atom stereocenters. The van der Waals surface area contributed by atoms with Gasteiger partial charge in [-0.05, 0) is 25.0 Å². The van der Waals surface area contributed by atoms with Crippen LogP contribution < -0.4 is 10.6 Å². The second-order valence-electron chi connectivity index (χ2n) is 8.31. The number of fused-ring (bicyclic) bond motifs is 2. The lowest BCUT2D eigenvalue weighted by molar-refractivity contribution is 0.0952. The van der Waals surface area contributed by atoms with Gasteiger partial charge in [-0.25, -0.2) is 9.97 Å². The van der Waals surface area contributed by atoms with Crippen molar-refractivity contribution in [2.24, 2.45) is 0 Å². The topological polar surface area (TPSA) is 119 Å². The molecular formula is C22H23N7O3. The Morgan fingerprint density at radius 3 is 2.88 bits per heavy atom. The van der Waals surface area contributed by atoms with Crippen molar-refractivity contribution in [2.45, 2.75) is 31.0 Å². The van der Waals surface area contributed by atoms with Crippen LogP contribution in [0.4, 0.5) is 5.82 Å². The quantitative estimate of drug-likeness (QED) is 0.437. The Morgan fingerprint density at radius 2 is 2.12 bits per heavy atom. The molecule has 0 unspecified atom stereocenters. The second kappa shape index (κ2) is 7.28. The van der Waals surface area contributed by atoms with Crippen LogP contribution in [-0.4, -0.2) is 67.6 Å². The molecule has 3 N–H and O–H groups in total. The van der Waals surface area contributed by atoms with Gasteiger partial charge in [-0.15, -0.1) is 0 Å². The number of nitrogens with one attached hydrogen (secondary N) is 2. The summed E-state index contributed by atoms with van der Waals surface area (Å²) in [6, 6.07) is 5.88. The predicted octanol–water partition coefficient (Wildman–Crippen LogP) is 1.56. The van der Waals surface area contributed by atoms with Gasteiger partial charge in [-0.1, -0.05) is 0 Å². The highest BCUT2D eigenvalue weighted by Crippen LogP contribution is 2.36. The van der Waals surface area contributed by atoms with E-state index >= 15 is 0 Å². The zero-order valence-electron chi connectivity index (χ0n) is 17.5. The summed E-state index contributed by atoms with van der Waals surface area (Å²) in [7, 11) is 1.81. The van der Waals surface area contributed by atoms with E-state index in [1.165, 1.54) is 0 Å². The highest BCUT2D eigenvalue weighted by Gasteiger charge is 2.31. The summed E-state index contributed by atoms with van der Waals surface area (Å²) in [5.41, 5.74) is 3.37. The molecule has 0 spiro atoms. The maximum Gasteiger partial charge on any atom is 0.256 e. The van der Waals surface area contributed by atoms with Crippen LogP contribution in [0.25, 0.3) is 28.3 Å². The summed E-state index contributed by atoms with van der Waals surface area (Å²) in [4.78, 5) is 22.2. The largest absolute Gasteiger partial charge is 0.388 e. The normalized spacial score (nSPS) is 20.8. The zero-order chi connectivity index (χ0) is 21.8. The van der Waals surface area contributed by atoms with Crippen molar-refractivity contribution < 1.29 is 14.6 Å². The number of carbonyl (C=O) groups excluding carboxylic acids is 1. The number of pyridine rings is 1. The van der Waals surface area contributed by atoms with E-state index in [4.69, 9.17) is 9.72 Å². The van der Waals surface area contributed by atoms with Crippen LogP contribution in [0.15, 0.2) is 36.8 Å². The van der Waals surface area contributed by atoms with E-state index in [2.05, 4.69) is 20.7 Å². The molecule has 1 saturated heterocycles. The number of rotatable bonds is 5. The van der Waals surface area contributed by atoms with E-state index in [1.807, 2.05) is 29.0 Å². The van der Waals surface area contributed by atoms with Crippen LogP contribution >= 0.6 is 0 Å². The summed E-state index contributed by atoms with van der Waals surface area (Å²) in [5, 5.41) is 20.8. The molecule has 6 rings (SSSR count). The fourth-order valence-electron chi connectivity index (χ4n) is 4.26. The average molecular weight is 433 g/mol. The predicted molar refractivity (Wildman–Crippen MR) is 117 cm³/mol. The highest BCUT2D eigenvalue weighted by atomic mass is 16.5. The molecular weight excluding hydrogens is 410 g/mol. The van der Waals surface area contributed by atoms with Gasteiger partial charge in [0.05, 0.1) is 31.1 Å². The number of carbonyl (C=O) groups is 1. The van der Waals surface area contributed by atoms with Gasteiger partial charge in [0.2, 0.25) is 0 Å². The first-order valence-electron chi connectivity index (χ1n) is 10.7. The molecule has 10 nitrogen and oxygen atoms in total. The zero-order valence-corrected chi connectivity index (χ0v) is 17.5. The van der Waals surface area contributed by atoms with E-state index in [-0.39, 0.29) is 18.0 Å². The summed E-state index contributed by atoms with van der Waals surface area (Å²) >= 11 is 0. The minimum atomic E-state index is -0.574. The Kier molecular flexibility index (Phi) is 4.37. The molecule has 1 saturated carbocycles. The molecule has 0 bridgehead atoms. The minimum absolute atomic E-state index is 0.159. The number of ether oxygens (including phenoxy) is 1. The Bertz CT molecular complexity index is 1290. The van der Waals surface area contributed by atoms with E-state index in [1.54, 1.807) is 24.0 Å². The molecule has 2 aromatic heterocycles. The van der Waals surface area contributed by atoms with Crippen molar-refractivity contribution in [3.05, 3.63) is 42.4 Å². The third-order valence-corrected chi connectivity index (χ3v) is 6.14. The Morgan fingerprint density at radius 1 is 1.25 bits per heavy atom. The van der Waals surface area contributed by atoms with Crippen molar-refractivity contribution in [1.82, 2.24) is 29.5 Å². The summed E-state index contributed by atoms with van der Waals surface area (Å²) in [5.74, 6) is 1.31. The Balaban J connectivity index is 1.45. The molecule has 3 aliphatic heterocycles. The molecule has 10 heteroatoms. The van der Waals surface area contributed by atoms with Crippen molar-refractivity contribution >= 4 is 17.4 Å². The summed E-state index contributed by atoms with van der Waals surface area (Å²) in [6.07, 6.45) is 6.70. The van der Waals surface area contributed by atoms with E-state index in [9.17, 15) is 9.90 Å². The number of anilines is 1. The average Bonchev–Trinajstić information content (AvgIpc) is 3.17. The third kappa shape index (κ3) is 3.02. The van der Waals surface area contributed by atoms with Crippen LogP contribution in [0, 0.1) is 0 Å². The molecule has 1 aliphatic carbocycles. The van der Waals surface area contributed by atoms with Gasteiger partial charge in [0.25, 0.3) is 5.91 Å². The third-order valence-electron chi connectivity index (χ3n) is 6.14. The van der Waals surface area contributed by atoms with E-state index in [0.29, 0.717) is 35.9 Å². The first kappa shape index (κ1) is 19.2. The maximum absolute atomic E-state index is 12.7. The minimum Gasteiger partial charge on any atom is -0.388 e. The maximum atomic E-state index is 12.7. The number of amides is 1. The van der Waals surface area contributed by atoms with Gasteiger partial charge in [-0.2, -0.15) is 9.61 Å². The van der Waals surface area contributed by atoms with Crippen LogP contribution in [0.2, 0.25) is 0 Å². The fourth-order valence-corrected chi connectivity index (χ4v) is 4.26. The molecule has 0 aromatic carbocycles. The molecule has 164 valence electrons. The van der Waals surface area contributed by atoms with Crippen molar-refractivity contribution in [2.75, 3.05) is 25.6 Å². The molecule has 2 aromatic rings. The van der Waals surface area contributed by atoms with Crippen LogP contribution in [0.5, 0.6) is 0 Å². The number of aromatic nitrogens is 5. The molecule has 4 aliphatic rings. The van der Waals surface area contributed by atoms with Gasteiger partial charge < -0.3 is 25.0 Å². The lowest BCUT2D eigenvalue weighted by atomic mass is 10.1. The van der Waals surface area contributed by atoms with E-state index < -0.39 is 6.10 Å². The first-order chi connectivity index (χ1) is 15.6. The van der Waals surface area contributed by atoms with Gasteiger partial charge in [0.15, 0.2) is 5.65 Å². The van der Waals surface area contributed by atoms with Crippen LogP contribution in [0.3, 0.4) is 0 Å². The van der Waals surface area contributed by atoms with Crippen molar-refractivity contribution in [3.63, 3.8) is 0 Å². The van der Waals surface area contributed by atoms with Gasteiger partial charge in [0, 0.05) is 42.7 Å². The Labute approximate surface area is 183 Å². The lowest BCUT2D eigenvalue weighted by Crippen LogP contribution is -2.25.